The van der Waals surface area contributed by atoms with Crippen molar-refractivity contribution in [2.75, 3.05) is 0 Å². The smallest absolute Gasteiger partial charge is 0.248 e. The fourth-order valence-corrected chi connectivity index (χ4v) is 1.32. The van der Waals surface area contributed by atoms with Gasteiger partial charge in [0, 0.05) is 23.7 Å². The first-order valence-corrected chi connectivity index (χ1v) is 4.43. The molecule has 0 aliphatic carbocycles. The van der Waals surface area contributed by atoms with Gasteiger partial charge in [0.1, 0.15) is 12.1 Å². The molecule has 0 radical (unpaired) electrons. The van der Waals surface area contributed by atoms with Crippen molar-refractivity contribution >= 4 is 5.91 Å². The van der Waals surface area contributed by atoms with Crippen LogP contribution in [0.1, 0.15) is 16.1 Å². The van der Waals surface area contributed by atoms with Crippen LogP contribution < -0.4 is 5.73 Å². The Morgan fingerprint density at radius 2 is 2.27 bits per heavy atom. The summed E-state index contributed by atoms with van der Waals surface area (Å²) in [7, 11) is 0. The predicted molar refractivity (Wildman–Crippen MR) is 54.6 cm³/mol. The van der Waals surface area contributed by atoms with Crippen molar-refractivity contribution in [1.82, 2.24) is 14.5 Å². The molecular formula is C10H10N4O. The summed E-state index contributed by atoms with van der Waals surface area (Å²) in [6, 6.07) is 3.29. The molecule has 2 aromatic heterocycles. The molecule has 0 unspecified atom stereocenters. The maximum absolute atomic E-state index is 11.0. The number of amides is 1. The summed E-state index contributed by atoms with van der Waals surface area (Å²) in [6.07, 6.45) is 5.02. The zero-order valence-electron chi connectivity index (χ0n) is 8.21. The molecule has 0 saturated heterocycles. The molecular weight excluding hydrogens is 192 g/mol. The molecule has 0 aliphatic rings. The van der Waals surface area contributed by atoms with E-state index in [1.54, 1.807) is 35.4 Å². The Balaban J connectivity index is 2.54. The van der Waals surface area contributed by atoms with Gasteiger partial charge in [0.2, 0.25) is 5.91 Å². The molecule has 0 atom stereocenters. The van der Waals surface area contributed by atoms with Gasteiger partial charge in [0.25, 0.3) is 0 Å². The predicted octanol–water partition coefficient (Wildman–Crippen LogP) is 0.675. The Morgan fingerprint density at radius 3 is 2.87 bits per heavy atom. The van der Waals surface area contributed by atoms with Crippen LogP contribution in [0.5, 0.6) is 0 Å². The molecule has 0 aliphatic heterocycles. The van der Waals surface area contributed by atoms with Crippen LogP contribution in [0.15, 0.2) is 30.9 Å². The topological polar surface area (TPSA) is 73.8 Å². The average molecular weight is 202 g/mol. The highest BCUT2D eigenvalue weighted by atomic mass is 16.1. The molecule has 0 spiro atoms. The highest BCUT2D eigenvalue weighted by Gasteiger charge is 2.05. The summed E-state index contributed by atoms with van der Waals surface area (Å²) >= 11 is 0. The second-order valence-corrected chi connectivity index (χ2v) is 3.19. The van der Waals surface area contributed by atoms with Crippen LogP contribution in [-0.2, 0) is 0 Å². The monoisotopic (exact) mass is 202 g/mol. The van der Waals surface area contributed by atoms with E-state index in [2.05, 4.69) is 9.97 Å². The molecule has 5 nitrogen and oxygen atoms in total. The summed E-state index contributed by atoms with van der Waals surface area (Å²) in [5.41, 5.74) is 6.41. The number of aromatic nitrogens is 3. The molecule has 2 aromatic rings. The first-order valence-electron chi connectivity index (χ1n) is 4.43. The lowest BCUT2D eigenvalue weighted by Crippen LogP contribution is -2.12. The number of nitrogens with zero attached hydrogens (tertiary/aromatic N) is 3. The SMILES string of the molecule is Cc1cc(C(N)=O)cc(-n2ccnc2)n1. The van der Waals surface area contributed by atoms with Crippen LogP contribution in [-0.4, -0.2) is 20.4 Å². The van der Waals surface area contributed by atoms with Gasteiger partial charge in [-0.3, -0.25) is 9.36 Å². The van der Waals surface area contributed by atoms with Crippen molar-refractivity contribution in [3.05, 3.63) is 42.1 Å². The van der Waals surface area contributed by atoms with Gasteiger partial charge < -0.3 is 5.73 Å². The van der Waals surface area contributed by atoms with Gasteiger partial charge in [-0.15, -0.1) is 0 Å². The second kappa shape index (κ2) is 3.53. The lowest BCUT2D eigenvalue weighted by molar-refractivity contribution is 0.1000. The van der Waals surface area contributed by atoms with E-state index in [0.29, 0.717) is 11.4 Å². The first kappa shape index (κ1) is 9.39. The minimum Gasteiger partial charge on any atom is -0.366 e. The fraction of sp³-hybridized carbons (Fsp3) is 0.100. The Kier molecular flexibility index (Phi) is 2.21. The van der Waals surface area contributed by atoms with Crippen LogP contribution in [0.4, 0.5) is 0 Å². The number of carbonyl (C=O) groups excluding carboxylic acids is 1. The standard InChI is InChI=1S/C10H10N4O/c1-7-4-8(10(11)15)5-9(13-7)14-3-2-12-6-14/h2-6H,1H3,(H2,11,15). The number of rotatable bonds is 2. The fourth-order valence-electron chi connectivity index (χ4n) is 1.32. The van der Waals surface area contributed by atoms with Crippen LogP contribution in [0.25, 0.3) is 5.82 Å². The highest BCUT2D eigenvalue weighted by molar-refractivity contribution is 5.93. The maximum Gasteiger partial charge on any atom is 0.248 e. The number of hydrogen-bond donors (Lipinski definition) is 1. The minimum atomic E-state index is -0.457. The van der Waals surface area contributed by atoms with Crippen molar-refractivity contribution in [2.24, 2.45) is 5.73 Å². The summed E-state index contributed by atoms with van der Waals surface area (Å²) in [5, 5.41) is 0. The van der Waals surface area contributed by atoms with Crippen molar-refractivity contribution in [1.29, 1.82) is 0 Å². The third-order valence-electron chi connectivity index (χ3n) is 1.99. The van der Waals surface area contributed by atoms with Gasteiger partial charge in [0.05, 0.1) is 0 Å². The number of hydrogen-bond acceptors (Lipinski definition) is 3. The average Bonchev–Trinajstić information content (AvgIpc) is 2.69. The molecule has 2 heterocycles. The molecule has 2 rings (SSSR count). The van der Waals surface area contributed by atoms with E-state index in [9.17, 15) is 4.79 Å². The molecule has 5 heteroatoms. The lowest BCUT2D eigenvalue weighted by Gasteiger charge is -2.04. The summed E-state index contributed by atoms with van der Waals surface area (Å²) in [6.45, 7) is 1.81. The van der Waals surface area contributed by atoms with E-state index in [0.717, 1.165) is 5.69 Å². The number of primary amides is 1. The number of aryl methyl sites for hydroxylation is 1. The van der Waals surface area contributed by atoms with Crippen LogP contribution >= 0.6 is 0 Å². The molecule has 15 heavy (non-hydrogen) atoms. The second-order valence-electron chi connectivity index (χ2n) is 3.19. The molecule has 2 N–H and O–H groups in total. The van der Waals surface area contributed by atoms with E-state index in [4.69, 9.17) is 5.73 Å². The zero-order valence-corrected chi connectivity index (χ0v) is 8.21. The van der Waals surface area contributed by atoms with Gasteiger partial charge in [-0.1, -0.05) is 0 Å². The molecule has 0 saturated carbocycles. The van der Waals surface area contributed by atoms with E-state index in [-0.39, 0.29) is 0 Å². The highest BCUT2D eigenvalue weighted by Crippen LogP contribution is 2.09. The maximum atomic E-state index is 11.0. The quantitative estimate of drug-likeness (QED) is 0.778. The number of pyridine rings is 1. The van der Waals surface area contributed by atoms with E-state index in [1.165, 1.54) is 0 Å². The largest absolute Gasteiger partial charge is 0.366 e. The summed E-state index contributed by atoms with van der Waals surface area (Å²) < 4.78 is 1.72. The van der Waals surface area contributed by atoms with Crippen LogP contribution in [0, 0.1) is 6.92 Å². The van der Waals surface area contributed by atoms with Crippen molar-refractivity contribution in [3.63, 3.8) is 0 Å². The molecule has 0 aromatic carbocycles. The van der Waals surface area contributed by atoms with Crippen molar-refractivity contribution < 1.29 is 4.79 Å². The normalized spacial score (nSPS) is 10.2. The van der Waals surface area contributed by atoms with Crippen molar-refractivity contribution in [2.45, 2.75) is 6.92 Å². The number of nitrogens with two attached hydrogens (primary N) is 1. The third kappa shape index (κ3) is 1.85. The van der Waals surface area contributed by atoms with E-state index < -0.39 is 5.91 Å². The van der Waals surface area contributed by atoms with Crippen LogP contribution in [0.2, 0.25) is 0 Å². The van der Waals surface area contributed by atoms with E-state index in [1.807, 2.05) is 6.92 Å². The zero-order chi connectivity index (χ0) is 10.8. The molecule has 1 amide bonds. The molecule has 0 bridgehead atoms. The molecule has 76 valence electrons. The Morgan fingerprint density at radius 1 is 1.47 bits per heavy atom. The Bertz CT molecular complexity index is 490. The van der Waals surface area contributed by atoms with Gasteiger partial charge in [0.15, 0.2) is 0 Å². The van der Waals surface area contributed by atoms with Gasteiger partial charge in [-0.25, -0.2) is 9.97 Å². The Hall–Kier alpha value is -2.17. The van der Waals surface area contributed by atoms with Crippen molar-refractivity contribution in [3.8, 4) is 5.82 Å². The van der Waals surface area contributed by atoms with Gasteiger partial charge in [-0.2, -0.15) is 0 Å². The van der Waals surface area contributed by atoms with Crippen LogP contribution in [0.3, 0.4) is 0 Å². The minimum absolute atomic E-state index is 0.450. The van der Waals surface area contributed by atoms with Gasteiger partial charge >= 0.3 is 0 Å². The van der Waals surface area contributed by atoms with E-state index >= 15 is 0 Å². The lowest BCUT2D eigenvalue weighted by atomic mass is 10.2. The van der Waals surface area contributed by atoms with Gasteiger partial charge in [-0.05, 0) is 19.1 Å². The third-order valence-corrected chi connectivity index (χ3v) is 1.99. The Labute approximate surface area is 86.6 Å². The number of carbonyl (C=O) groups is 1. The molecule has 0 fully saturated rings. The summed E-state index contributed by atoms with van der Waals surface area (Å²) in [5.74, 6) is 0.183. The number of imidazole rings is 1. The first-order chi connectivity index (χ1) is 7.16. The summed E-state index contributed by atoms with van der Waals surface area (Å²) in [4.78, 5) is 19.2.